The maximum absolute atomic E-state index is 13.6. The SMILES string of the molecule is CC/C(C1=Nc2ccncc2C1(C)C)=C1\C(=O)C(C(/CC)=C2/Nc3ccncc3C2(C)C)=C1O. The average Bonchev–Trinajstić information content (AvgIpc) is 3.25. The number of aromatic nitrogens is 2. The van der Waals surface area contributed by atoms with Gasteiger partial charge in [-0.1, -0.05) is 41.5 Å². The van der Waals surface area contributed by atoms with E-state index in [1.165, 1.54) is 0 Å². The van der Waals surface area contributed by atoms with Gasteiger partial charge in [-0.25, -0.2) is 0 Å². The zero-order chi connectivity index (χ0) is 24.4. The van der Waals surface area contributed by atoms with Crippen LogP contribution in [0.5, 0.6) is 0 Å². The highest BCUT2D eigenvalue weighted by molar-refractivity contribution is 6.27. The summed E-state index contributed by atoms with van der Waals surface area (Å²) in [5.41, 5.74) is 7.48. The van der Waals surface area contributed by atoms with E-state index in [1.54, 1.807) is 12.4 Å². The molecule has 0 radical (unpaired) electrons. The van der Waals surface area contributed by atoms with Gasteiger partial charge < -0.3 is 10.4 Å². The first-order valence-corrected chi connectivity index (χ1v) is 11.9. The third kappa shape index (κ3) is 2.87. The minimum Gasteiger partial charge on any atom is -0.506 e. The summed E-state index contributed by atoms with van der Waals surface area (Å²) in [5, 5.41) is 14.8. The number of Topliss-reactive ketones (excluding diaryl/α,β-unsaturated/α-hetero) is 1. The second-order valence-corrected chi connectivity index (χ2v) is 10.1. The highest BCUT2D eigenvalue weighted by Crippen LogP contribution is 2.49. The number of pyridine rings is 2. The van der Waals surface area contributed by atoms with Crippen molar-refractivity contribution in [2.24, 2.45) is 4.99 Å². The maximum Gasteiger partial charge on any atom is 0.201 e. The van der Waals surface area contributed by atoms with Crippen LogP contribution in [0.15, 0.2) is 75.7 Å². The highest BCUT2D eigenvalue weighted by atomic mass is 16.3. The van der Waals surface area contributed by atoms with Gasteiger partial charge in [0.25, 0.3) is 0 Å². The fraction of sp³-hybridized carbons (Fsp3) is 0.357. The molecule has 0 saturated heterocycles. The molecule has 2 N–H and O–H groups in total. The van der Waals surface area contributed by atoms with Gasteiger partial charge in [0.05, 0.1) is 22.5 Å². The lowest BCUT2D eigenvalue weighted by Gasteiger charge is -2.31. The van der Waals surface area contributed by atoms with E-state index in [4.69, 9.17) is 4.99 Å². The molecule has 2 aliphatic heterocycles. The zero-order valence-corrected chi connectivity index (χ0v) is 20.6. The molecule has 6 nitrogen and oxygen atoms in total. The van der Waals surface area contributed by atoms with Gasteiger partial charge >= 0.3 is 0 Å². The number of aliphatic hydroxyl groups excluding tert-OH is 1. The van der Waals surface area contributed by atoms with Crippen molar-refractivity contribution in [3.63, 3.8) is 0 Å². The molecule has 5 rings (SSSR count). The van der Waals surface area contributed by atoms with Crippen LogP contribution < -0.4 is 5.32 Å². The summed E-state index contributed by atoms with van der Waals surface area (Å²) < 4.78 is 0. The van der Waals surface area contributed by atoms with E-state index in [-0.39, 0.29) is 17.0 Å². The minimum atomic E-state index is -0.395. The molecule has 0 unspecified atom stereocenters. The Labute approximate surface area is 200 Å². The molecular formula is C28H30N4O2. The Balaban J connectivity index is 1.64. The number of aliphatic hydroxyl groups is 1. The molecular weight excluding hydrogens is 424 g/mol. The quantitative estimate of drug-likeness (QED) is 0.553. The molecule has 0 atom stereocenters. The Morgan fingerprint density at radius 3 is 2.18 bits per heavy atom. The number of ketones is 1. The van der Waals surface area contributed by atoms with Crippen molar-refractivity contribution >= 4 is 22.9 Å². The standard InChI is InChI=1S/C28H30N4O2/c1-7-15(25-27(3,4)17-13-29-11-9-19(17)31-25)21-23(33)22(24(21)34)16(8-2)26-28(5,6)18-14-30-12-10-20(18)32-26/h9-14,31,33H,7-8H2,1-6H3/b22-16+,25-15+. The first kappa shape index (κ1) is 22.3. The molecule has 4 heterocycles. The van der Waals surface area contributed by atoms with Crippen LogP contribution in [0.25, 0.3) is 0 Å². The van der Waals surface area contributed by atoms with Gasteiger partial charge in [0.15, 0.2) is 0 Å². The van der Waals surface area contributed by atoms with Crippen LogP contribution in [0, 0.1) is 0 Å². The number of carbonyl (C=O) groups is 1. The summed E-state index contributed by atoms with van der Waals surface area (Å²) in [6.45, 7) is 12.4. The molecule has 174 valence electrons. The molecule has 0 saturated carbocycles. The topological polar surface area (TPSA) is 87.5 Å². The maximum atomic E-state index is 13.6. The molecule has 0 spiro atoms. The lowest BCUT2D eigenvalue weighted by atomic mass is 9.71. The average molecular weight is 455 g/mol. The number of fused-ring (bicyclic) bond motifs is 2. The normalized spacial score (nSPS) is 22.5. The summed E-state index contributed by atoms with van der Waals surface area (Å²) in [5.74, 6) is -0.0385. The first-order valence-electron chi connectivity index (χ1n) is 11.9. The third-order valence-corrected chi connectivity index (χ3v) is 7.50. The van der Waals surface area contributed by atoms with Crippen LogP contribution in [0.2, 0.25) is 0 Å². The molecule has 34 heavy (non-hydrogen) atoms. The van der Waals surface area contributed by atoms with E-state index in [2.05, 4.69) is 43.0 Å². The second-order valence-electron chi connectivity index (χ2n) is 10.1. The van der Waals surface area contributed by atoms with Crippen molar-refractivity contribution in [3.8, 4) is 0 Å². The van der Waals surface area contributed by atoms with Crippen LogP contribution in [-0.4, -0.2) is 26.6 Å². The van der Waals surface area contributed by atoms with Crippen molar-refractivity contribution in [1.29, 1.82) is 0 Å². The van der Waals surface area contributed by atoms with Gasteiger partial charge in [0.1, 0.15) is 5.76 Å². The van der Waals surface area contributed by atoms with Gasteiger partial charge in [-0.2, -0.15) is 0 Å². The van der Waals surface area contributed by atoms with Crippen LogP contribution in [0.4, 0.5) is 11.4 Å². The number of carbonyl (C=O) groups excluding carboxylic acids is 1. The summed E-state index contributed by atoms with van der Waals surface area (Å²) in [6, 6.07) is 3.84. The fourth-order valence-electron chi connectivity index (χ4n) is 5.58. The molecule has 2 aromatic heterocycles. The largest absolute Gasteiger partial charge is 0.506 e. The molecule has 0 amide bonds. The van der Waals surface area contributed by atoms with Gasteiger partial charge in [-0.3, -0.25) is 19.8 Å². The van der Waals surface area contributed by atoms with E-state index >= 15 is 0 Å². The molecule has 6 heteroatoms. The molecule has 2 aromatic rings. The van der Waals surface area contributed by atoms with Crippen molar-refractivity contribution in [3.05, 3.63) is 81.8 Å². The number of anilines is 1. The predicted octanol–water partition coefficient (Wildman–Crippen LogP) is 6.01. The molecule has 3 aliphatic rings. The van der Waals surface area contributed by atoms with E-state index in [0.717, 1.165) is 45.1 Å². The van der Waals surface area contributed by atoms with Crippen molar-refractivity contribution in [2.45, 2.75) is 65.2 Å². The summed E-state index contributed by atoms with van der Waals surface area (Å²) >= 11 is 0. The van der Waals surface area contributed by atoms with Crippen LogP contribution in [0.1, 0.15) is 65.5 Å². The summed E-state index contributed by atoms with van der Waals surface area (Å²) in [6.07, 6.45) is 8.42. The zero-order valence-electron chi connectivity index (χ0n) is 20.6. The van der Waals surface area contributed by atoms with E-state index < -0.39 is 5.41 Å². The second kappa shape index (κ2) is 7.49. The Kier molecular flexibility index (Phi) is 4.90. The smallest absolute Gasteiger partial charge is 0.201 e. The molecule has 0 fully saturated rings. The van der Waals surface area contributed by atoms with Crippen molar-refractivity contribution in [2.75, 3.05) is 5.32 Å². The van der Waals surface area contributed by atoms with Gasteiger partial charge in [0, 0.05) is 58.1 Å². The van der Waals surface area contributed by atoms with Crippen molar-refractivity contribution < 1.29 is 9.90 Å². The summed E-state index contributed by atoms with van der Waals surface area (Å²) in [7, 11) is 0. The third-order valence-electron chi connectivity index (χ3n) is 7.50. The first-order chi connectivity index (χ1) is 16.1. The van der Waals surface area contributed by atoms with E-state index in [9.17, 15) is 9.90 Å². The monoisotopic (exact) mass is 454 g/mol. The molecule has 0 bridgehead atoms. The van der Waals surface area contributed by atoms with E-state index in [0.29, 0.717) is 24.0 Å². The van der Waals surface area contributed by atoms with Crippen molar-refractivity contribution in [1.82, 2.24) is 9.97 Å². The van der Waals surface area contributed by atoms with Crippen LogP contribution >= 0.6 is 0 Å². The molecule has 0 aromatic carbocycles. The van der Waals surface area contributed by atoms with Crippen LogP contribution in [0.3, 0.4) is 0 Å². The number of hydrogen-bond donors (Lipinski definition) is 2. The van der Waals surface area contributed by atoms with Gasteiger partial charge in [-0.15, -0.1) is 0 Å². The van der Waals surface area contributed by atoms with Crippen LogP contribution in [-0.2, 0) is 15.6 Å². The number of aliphatic imine (C=N–C) groups is 1. The highest BCUT2D eigenvalue weighted by Gasteiger charge is 2.46. The lowest BCUT2D eigenvalue weighted by Crippen LogP contribution is -2.33. The molecule has 1 aliphatic carbocycles. The van der Waals surface area contributed by atoms with Gasteiger partial charge in [-0.05, 0) is 36.1 Å². The minimum absolute atomic E-state index is 0.0745. The Morgan fingerprint density at radius 2 is 1.59 bits per heavy atom. The Hall–Kier alpha value is -3.54. The van der Waals surface area contributed by atoms with E-state index in [1.807, 2.05) is 38.4 Å². The Morgan fingerprint density at radius 1 is 0.941 bits per heavy atom. The summed E-state index contributed by atoms with van der Waals surface area (Å²) in [4.78, 5) is 27.1. The number of allylic oxidation sites excluding steroid dienone is 5. The lowest BCUT2D eigenvalue weighted by molar-refractivity contribution is -0.113. The number of nitrogens with zero attached hydrogens (tertiary/aromatic N) is 3. The Bertz CT molecular complexity index is 1370. The number of rotatable bonds is 4. The fourth-order valence-corrected chi connectivity index (χ4v) is 5.58. The predicted molar refractivity (Wildman–Crippen MR) is 135 cm³/mol. The van der Waals surface area contributed by atoms with Gasteiger partial charge in [0.2, 0.25) is 5.78 Å². The number of nitrogens with one attached hydrogen (secondary N) is 1. The number of hydrogen-bond acceptors (Lipinski definition) is 6.